The third-order valence-corrected chi connectivity index (χ3v) is 10.6. The van der Waals surface area contributed by atoms with Gasteiger partial charge in [-0.2, -0.15) is 0 Å². The Labute approximate surface area is 232 Å². The van der Waals surface area contributed by atoms with Crippen LogP contribution in [-0.2, 0) is 16.4 Å². The zero-order chi connectivity index (χ0) is 26.3. The van der Waals surface area contributed by atoms with Gasteiger partial charge in [-0.1, -0.05) is 29.8 Å². The number of ether oxygens (including phenoxy) is 1. The second kappa shape index (κ2) is 10.4. The van der Waals surface area contributed by atoms with Crippen LogP contribution in [0.4, 0.5) is 10.2 Å². The fourth-order valence-corrected chi connectivity index (χ4v) is 9.05. The highest BCUT2D eigenvalue weighted by molar-refractivity contribution is 7.92. The number of para-hydroxylation sites is 1. The molecule has 3 aromatic rings. The van der Waals surface area contributed by atoms with Crippen molar-refractivity contribution in [2.24, 2.45) is 17.8 Å². The van der Waals surface area contributed by atoms with Crippen LogP contribution in [0.3, 0.4) is 0 Å². The number of aryl methyl sites for hydroxylation is 1. The number of rotatable bonds is 10. The zero-order valence-electron chi connectivity index (χ0n) is 21.0. The van der Waals surface area contributed by atoms with Gasteiger partial charge in [-0.25, -0.2) is 17.8 Å². The molecular weight excluding hydrogens is 545 g/mol. The number of anilines is 1. The van der Waals surface area contributed by atoms with Gasteiger partial charge in [-0.3, -0.25) is 4.72 Å². The van der Waals surface area contributed by atoms with Crippen LogP contribution in [-0.4, -0.2) is 25.5 Å². The average Bonchev–Trinajstić information content (AvgIpc) is 3.36. The van der Waals surface area contributed by atoms with Crippen molar-refractivity contribution in [3.8, 4) is 11.5 Å². The Morgan fingerprint density at radius 1 is 1.08 bits per heavy atom. The summed E-state index contributed by atoms with van der Waals surface area (Å²) in [5, 5.41) is 5.46. The summed E-state index contributed by atoms with van der Waals surface area (Å²) in [6, 6.07) is 9.72. The molecule has 4 saturated carbocycles. The molecule has 4 fully saturated rings. The maximum absolute atomic E-state index is 14.9. The van der Waals surface area contributed by atoms with Gasteiger partial charge in [0.05, 0.1) is 10.5 Å². The lowest BCUT2D eigenvalue weighted by molar-refractivity contribution is -0.0195. The molecule has 202 valence electrons. The van der Waals surface area contributed by atoms with Crippen molar-refractivity contribution < 1.29 is 17.5 Å². The SMILES string of the molecule is O=S(=O)(Nc1cscn1)c1cc(Cl)c(Oc2ccccc2CCCNC23CC4CC(CC(C4)C2)C3)cc1F. The number of halogens is 2. The van der Waals surface area contributed by atoms with E-state index in [9.17, 15) is 12.8 Å². The van der Waals surface area contributed by atoms with E-state index in [1.54, 1.807) is 0 Å². The number of benzene rings is 2. The Kier molecular flexibility index (Phi) is 7.13. The average molecular weight is 576 g/mol. The molecule has 0 atom stereocenters. The van der Waals surface area contributed by atoms with Crippen LogP contribution in [0.2, 0.25) is 5.02 Å². The van der Waals surface area contributed by atoms with Crippen molar-refractivity contribution in [2.75, 3.05) is 11.3 Å². The first-order chi connectivity index (χ1) is 18.3. The fraction of sp³-hybridized carbons (Fsp3) is 0.464. The monoisotopic (exact) mass is 575 g/mol. The third kappa shape index (κ3) is 5.43. The molecule has 4 bridgehead atoms. The molecule has 6 nitrogen and oxygen atoms in total. The predicted octanol–water partition coefficient (Wildman–Crippen LogP) is 7.02. The summed E-state index contributed by atoms with van der Waals surface area (Å²) in [4.78, 5) is 3.32. The summed E-state index contributed by atoms with van der Waals surface area (Å²) >= 11 is 7.59. The Balaban J connectivity index is 1.10. The van der Waals surface area contributed by atoms with Crippen molar-refractivity contribution in [2.45, 2.75) is 61.8 Å². The van der Waals surface area contributed by atoms with E-state index in [2.05, 4.69) is 15.0 Å². The minimum Gasteiger partial charge on any atom is -0.455 e. The lowest BCUT2D eigenvalue weighted by atomic mass is 9.53. The van der Waals surface area contributed by atoms with E-state index < -0.39 is 20.7 Å². The number of hydrogen-bond donors (Lipinski definition) is 2. The van der Waals surface area contributed by atoms with E-state index >= 15 is 0 Å². The Bertz CT molecular complexity index is 1380. The minimum atomic E-state index is -4.19. The quantitative estimate of drug-likeness (QED) is 0.254. The van der Waals surface area contributed by atoms with Crippen molar-refractivity contribution in [1.29, 1.82) is 0 Å². The van der Waals surface area contributed by atoms with Crippen LogP contribution >= 0.6 is 22.9 Å². The molecule has 0 spiro atoms. The topological polar surface area (TPSA) is 80.3 Å². The molecule has 38 heavy (non-hydrogen) atoms. The fourth-order valence-electron chi connectivity index (χ4n) is 7.14. The van der Waals surface area contributed by atoms with E-state index in [4.69, 9.17) is 16.3 Å². The van der Waals surface area contributed by atoms with Gasteiger partial charge in [-0.05, 0) is 93.4 Å². The van der Waals surface area contributed by atoms with Gasteiger partial charge in [0.1, 0.15) is 22.2 Å². The third-order valence-electron chi connectivity index (χ3n) is 8.30. The van der Waals surface area contributed by atoms with E-state index in [1.807, 2.05) is 24.3 Å². The van der Waals surface area contributed by atoms with Gasteiger partial charge in [0.15, 0.2) is 5.82 Å². The van der Waals surface area contributed by atoms with E-state index in [1.165, 1.54) is 60.8 Å². The highest BCUT2D eigenvalue weighted by Gasteiger charge is 2.50. The molecule has 4 aliphatic rings. The second-order valence-electron chi connectivity index (χ2n) is 11.1. The van der Waals surface area contributed by atoms with E-state index in [-0.39, 0.29) is 16.6 Å². The maximum Gasteiger partial charge on any atom is 0.266 e. The molecule has 1 heterocycles. The number of thiazole rings is 1. The molecular formula is C28H31ClFN3O3S2. The number of sulfonamides is 1. The molecule has 0 amide bonds. The minimum absolute atomic E-state index is 0.00309. The van der Waals surface area contributed by atoms with Gasteiger partial charge < -0.3 is 10.1 Å². The van der Waals surface area contributed by atoms with Crippen molar-refractivity contribution in [1.82, 2.24) is 10.3 Å². The molecule has 0 saturated heterocycles. The summed E-state index contributed by atoms with van der Waals surface area (Å²) in [6.07, 6.45) is 10.1. The summed E-state index contributed by atoms with van der Waals surface area (Å²) in [6.45, 7) is 0.953. The summed E-state index contributed by atoms with van der Waals surface area (Å²) in [5.41, 5.74) is 2.82. The summed E-state index contributed by atoms with van der Waals surface area (Å²) < 4.78 is 48.5. The Morgan fingerprint density at radius 3 is 2.47 bits per heavy atom. The van der Waals surface area contributed by atoms with Gasteiger partial charge in [-0.15, -0.1) is 11.3 Å². The molecule has 1 aromatic heterocycles. The van der Waals surface area contributed by atoms with Crippen molar-refractivity contribution >= 4 is 38.8 Å². The molecule has 4 aliphatic carbocycles. The molecule has 10 heteroatoms. The molecule has 2 aromatic carbocycles. The van der Waals surface area contributed by atoms with Gasteiger partial charge in [0.2, 0.25) is 0 Å². The van der Waals surface area contributed by atoms with Crippen LogP contribution in [0.25, 0.3) is 0 Å². The molecule has 0 aliphatic heterocycles. The van der Waals surface area contributed by atoms with Gasteiger partial charge in [0, 0.05) is 17.0 Å². The first kappa shape index (κ1) is 26.0. The first-order valence-corrected chi connectivity index (χ1v) is 16.0. The van der Waals surface area contributed by atoms with Crippen LogP contribution in [0.5, 0.6) is 11.5 Å². The second-order valence-corrected chi connectivity index (χ2v) is 13.9. The van der Waals surface area contributed by atoms with Gasteiger partial charge >= 0.3 is 0 Å². The summed E-state index contributed by atoms with van der Waals surface area (Å²) in [5.74, 6) is 2.56. The largest absolute Gasteiger partial charge is 0.455 e. The van der Waals surface area contributed by atoms with Crippen LogP contribution in [0.15, 0.2) is 52.2 Å². The number of hydrogen-bond acceptors (Lipinski definition) is 6. The lowest BCUT2D eigenvalue weighted by Gasteiger charge is -2.57. The van der Waals surface area contributed by atoms with E-state index in [0.717, 1.165) is 54.8 Å². The number of nitrogens with one attached hydrogen (secondary N) is 2. The Hall–Kier alpha value is -2.20. The lowest BCUT2D eigenvalue weighted by Crippen LogP contribution is -2.58. The number of aromatic nitrogens is 1. The summed E-state index contributed by atoms with van der Waals surface area (Å²) in [7, 11) is -4.19. The molecule has 7 rings (SSSR count). The van der Waals surface area contributed by atoms with Crippen molar-refractivity contribution in [3.05, 3.63) is 63.7 Å². The first-order valence-electron chi connectivity index (χ1n) is 13.2. The molecule has 0 radical (unpaired) electrons. The normalized spacial score (nSPS) is 26.0. The van der Waals surface area contributed by atoms with Crippen LogP contribution < -0.4 is 14.8 Å². The Morgan fingerprint density at radius 2 is 1.79 bits per heavy atom. The highest BCUT2D eigenvalue weighted by Crippen LogP contribution is 2.55. The predicted molar refractivity (Wildman–Crippen MR) is 148 cm³/mol. The molecule has 2 N–H and O–H groups in total. The highest BCUT2D eigenvalue weighted by atomic mass is 35.5. The number of nitrogens with zero attached hydrogens (tertiary/aromatic N) is 1. The zero-order valence-corrected chi connectivity index (χ0v) is 23.3. The van der Waals surface area contributed by atoms with E-state index in [0.29, 0.717) is 11.3 Å². The van der Waals surface area contributed by atoms with Crippen LogP contribution in [0, 0.1) is 23.6 Å². The van der Waals surface area contributed by atoms with Crippen molar-refractivity contribution in [3.63, 3.8) is 0 Å². The standard InChI is InChI=1S/C28H31ClFN3O3S2/c29-22-11-26(38(34,35)33-27-16-37-17-31-27)23(30)12-25(22)36-24-6-2-1-4-21(24)5-3-7-32-28-13-18-8-19(14-28)10-20(9-18)15-28/h1-2,4,6,11-12,16-20,32-33H,3,5,7-10,13-15H2. The van der Waals surface area contributed by atoms with Gasteiger partial charge in [0.25, 0.3) is 10.0 Å². The maximum atomic E-state index is 14.9. The van der Waals surface area contributed by atoms with Crippen LogP contribution in [0.1, 0.15) is 50.5 Å². The smallest absolute Gasteiger partial charge is 0.266 e. The molecule has 0 unspecified atom stereocenters.